The lowest BCUT2D eigenvalue weighted by Crippen LogP contribution is -2.45. The van der Waals surface area contributed by atoms with E-state index in [1.54, 1.807) is 22.8 Å². The first kappa shape index (κ1) is 22.0. The molecular formula is C23H26N6O2S. The van der Waals surface area contributed by atoms with Crippen molar-refractivity contribution in [1.82, 2.24) is 14.9 Å². The first-order valence-electron chi connectivity index (χ1n) is 10.7. The Kier molecular flexibility index (Phi) is 6.26. The maximum atomic E-state index is 13.6. The van der Waals surface area contributed by atoms with Crippen molar-refractivity contribution in [2.75, 3.05) is 18.0 Å². The van der Waals surface area contributed by atoms with Gasteiger partial charge in [-0.05, 0) is 44.4 Å². The molecule has 166 valence electrons. The summed E-state index contributed by atoms with van der Waals surface area (Å²) in [5.74, 6) is 0.310. The number of thiophene rings is 1. The molecule has 1 aromatic carbocycles. The Balaban J connectivity index is 1.86. The number of rotatable bonds is 5. The number of carbonyl (C=O) groups is 1. The zero-order valence-corrected chi connectivity index (χ0v) is 19.0. The van der Waals surface area contributed by atoms with Crippen molar-refractivity contribution in [3.05, 3.63) is 56.7 Å². The normalized spacial score (nSPS) is 16.3. The van der Waals surface area contributed by atoms with Crippen LogP contribution in [0.3, 0.4) is 0 Å². The van der Waals surface area contributed by atoms with Crippen molar-refractivity contribution in [2.45, 2.75) is 45.3 Å². The van der Waals surface area contributed by atoms with Gasteiger partial charge < -0.3 is 16.0 Å². The van der Waals surface area contributed by atoms with Gasteiger partial charge in [0.05, 0.1) is 28.6 Å². The van der Waals surface area contributed by atoms with Gasteiger partial charge >= 0.3 is 0 Å². The summed E-state index contributed by atoms with van der Waals surface area (Å²) in [6, 6.07) is 11.1. The first-order valence-corrected chi connectivity index (χ1v) is 11.5. The Hall–Kier alpha value is -3.22. The van der Waals surface area contributed by atoms with Crippen molar-refractivity contribution in [3.8, 4) is 6.07 Å². The van der Waals surface area contributed by atoms with Crippen LogP contribution in [0.1, 0.15) is 47.5 Å². The van der Waals surface area contributed by atoms with E-state index in [0.717, 1.165) is 36.3 Å². The molecule has 3 N–H and O–H groups in total. The average Bonchev–Trinajstić information content (AvgIpc) is 3.20. The van der Waals surface area contributed by atoms with Crippen molar-refractivity contribution in [3.63, 3.8) is 0 Å². The fourth-order valence-corrected chi connectivity index (χ4v) is 4.91. The molecular weight excluding hydrogens is 424 g/mol. The Morgan fingerprint density at radius 1 is 1.41 bits per heavy atom. The van der Waals surface area contributed by atoms with Crippen molar-refractivity contribution >= 4 is 33.4 Å². The molecule has 1 aliphatic heterocycles. The zero-order chi connectivity index (χ0) is 22.8. The van der Waals surface area contributed by atoms with Gasteiger partial charge in [0.15, 0.2) is 0 Å². The maximum absolute atomic E-state index is 13.6. The highest BCUT2D eigenvalue weighted by molar-refractivity contribution is 7.20. The molecule has 1 aliphatic rings. The molecule has 0 saturated carbocycles. The highest BCUT2D eigenvalue weighted by Crippen LogP contribution is 2.26. The summed E-state index contributed by atoms with van der Waals surface area (Å²) in [6.45, 7) is 5.35. The Bertz CT molecular complexity index is 1260. The fourth-order valence-electron chi connectivity index (χ4n) is 3.96. The molecule has 1 saturated heterocycles. The molecule has 0 spiro atoms. The quantitative estimate of drug-likeness (QED) is 0.617. The lowest BCUT2D eigenvalue weighted by Gasteiger charge is -2.33. The van der Waals surface area contributed by atoms with Crippen LogP contribution in [-0.4, -0.2) is 40.6 Å². The largest absolute Gasteiger partial charge is 0.349 e. The van der Waals surface area contributed by atoms with Crippen LogP contribution in [0.15, 0.2) is 35.1 Å². The SMILES string of the molecule is CC(C)NC(=O)c1cc2nc(N3CCCC(N)C3)n(Cc3ccccc3C#N)c(=O)c2s1. The summed E-state index contributed by atoms with van der Waals surface area (Å²) < 4.78 is 2.04. The average molecular weight is 451 g/mol. The second-order valence-corrected chi connectivity index (χ2v) is 9.43. The van der Waals surface area contributed by atoms with Gasteiger partial charge in [0.2, 0.25) is 5.95 Å². The summed E-state index contributed by atoms with van der Waals surface area (Å²) in [4.78, 5) is 33.4. The van der Waals surface area contributed by atoms with Crippen LogP contribution < -0.4 is 21.5 Å². The molecule has 0 radical (unpaired) electrons. The summed E-state index contributed by atoms with van der Waals surface area (Å²) in [5, 5.41) is 12.4. The van der Waals surface area contributed by atoms with Gasteiger partial charge in [0, 0.05) is 25.2 Å². The molecule has 1 fully saturated rings. The van der Waals surface area contributed by atoms with Gasteiger partial charge in [0.25, 0.3) is 11.5 Å². The second kappa shape index (κ2) is 9.10. The smallest absolute Gasteiger partial charge is 0.273 e. The van der Waals surface area contributed by atoms with E-state index >= 15 is 0 Å². The minimum Gasteiger partial charge on any atom is -0.349 e. The van der Waals surface area contributed by atoms with Crippen LogP contribution in [0.25, 0.3) is 10.2 Å². The number of nitriles is 1. The number of piperidine rings is 1. The van der Waals surface area contributed by atoms with Crippen molar-refractivity contribution in [1.29, 1.82) is 5.26 Å². The lowest BCUT2D eigenvalue weighted by molar-refractivity contribution is 0.0947. The van der Waals surface area contributed by atoms with Crippen LogP contribution in [0.4, 0.5) is 5.95 Å². The number of fused-ring (bicyclic) bond motifs is 1. The predicted octanol–water partition coefficient (Wildman–Crippen LogP) is 2.44. The molecule has 9 heteroatoms. The van der Waals surface area contributed by atoms with Crippen molar-refractivity contribution in [2.24, 2.45) is 5.73 Å². The lowest BCUT2D eigenvalue weighted by atomic mass is 10.1. The minimum atomic E-state index is -0.217. The summed E-state index contributed by atoms with van der Waals surface area (Å²) >= 11 is 1.15. The number of hydrogen-bond acceptors (Lipinski definition) is 7. The van der Waals surface area contributed by atoms with Gasteiger partial charge in [-0.15, -0.1) is 11.3 Å². The van der Waals surface area contributed by atoms with Crippen LogP contribution >= 0.6 is 11.3 Å². The molecule has 1 unspecified atom stereocenters. The van der Waals surface area contributed by atoms with Crippen LogP contribution in [-0.2, 0) is 6.54 Å². The summed E-state index contributed by atoms with van der Waals surface area (Å²) in [5.41, 5.74) is 7.75. The number of amides is 1. The fraction of sp³-hybridized carbons (Fsp3) is 0.391. The number of aromatic nitrogens is 2. The van der Waals surface area contributed by atoms with Gasteiger partial charge in [-0.2, -0.15) is 5.26 Å². The maximum Gasteiger partial charge on any atom is 0.273 e. The number of hydrogen-bond donors (Lipinski definition) is 2. The number of nitrogens with two attached hydrogens (primary N) is 1. The second-order valence-electron chi connectivity index (χ2n) is 8.37. The van der Waals surface area contributed by atoms with Gasteiger partial charge in [-0.25, -0.2) is 4.98 Å². The third-order valence-electron chi connectivity index (χ3n) is 5.46. The molecule has 8 nitrogen and oxygen atoms in total. The Morgan fingerprint density at radius 3 is 2.91 bits per heavy atom. The number of benzene rings is 1. The molecule has 4 rings (SSSR count). The Morgan fingerprint density at radius 2 is 2.19 bits per heavy atom. The molecule has 2 aromatic heterocycles. The molecule has 3 heterocycles. The highest BCUT2D eigenvalue weighted by Gasteiger charge is 2.24. The highest BCUT2D eigenvalue weighted by atomic mass is 32.1. The van der Waals surface area contributed by atoms with E-state index in [-0.39, 0.29) is 30.1 Å². The standard InChI is InChI=1S/C23H26N6O2S/c1-14(2)26-21(30)19-10-18-20(32-19)22(31)29(12-16-7-4-3-6-15(16)11-24)23(27-18)28-9-5-8-17(25)13-28/h3-4,6-7,10,14,17H,5,8-9,12-13,25H2,1-2H3,(H,26,30). The third-order valence-corrected chi connectivity index (χ3v) is 6.58. The predicted molar refractivity (Wildman–Crippen MR) is 126 cm³/mol. The van der Waals surface area contributed by atoms with Crippen molar-refractivity contribution < 1.29 is 4.79 Å². The number of nitrogens with zero attached hydrogens (tertiary/aromatic N) is 4. The van der Waals surface area contributed by atoms with Crippen LogP contribution in [0.2, 0.25) is 0 Å². The first-order chi connectivity index (χ1) is 15.4. The number of anilines is 1. The Labute approximate surface area is 190 Å². The van der Waals surface area contributed by atoms with E-state index in [4.69, 9.17) is 10.7 Å². The summed E-state index contributed by atoms with van der Waals surface area (Å²) in [7, 11) is 0. The molecule has 1 atom stereocenters. The van der Waals surface area contributed by atoms with E-state index < -0.39 is 0 Å². The van der Waals surface area contributed by atoms with Crippen LogP contribution in [0, 0.1) is 11.3 Å². The zero-order valence-electron chi connectivity index (χ0n) is 18.2. The van der Waals surface area contributed by atoms with E-state index in [1.807, 2.05) is 30.9 Å². The van der Waals surface area contributed by atoms with E-state index in [2.05, 4.69) is 11.4 Å². The monoisotopic (exact) mass is 450 g/mol. The topological polar surface area (TPSA) is 117 Å². The third kappa shape index (κ3) is 4.38. The number of carbonyl (C=O) groups excluding carboxylic acids is 1. The molecule has 0 bridgehead atoms. The van der Waals surface area contributed by atoms with E-state index in [9.17, 15) is 14.9 Å². The minimum absolute atomic E-state index is 0.00560. The molecule has 1 amide bonds. The van der Waals surface area contributed by atoms with Gasteiger partial charge in [0.1, 0.15) is 4.70 Å². The van der Waals surface area contributed by atoms with E-state index in [1.165, 1.54) is 0 Å². The molecule has 3 aromatic rings. The number of nitrogens with one attached hydrogen (secondary N) is 1. The summed E-state index contributed by atoms with van der Waals surface area (Å²) in [6.07, 6.45) is 1.84. The van der Waals surface area contributed by atoms with Gasteiger partial charge in [-0.3, -0.25) is 14.2 Å². The van der Waals surface area contributed by atoms with Gasteiger partial charge in [-0.1, -0.05) is 18.2 Å². The van der Waals surface area contributed by atoms with E-state index in [0.29, 0.717) is 33.2 Å². The van der Waals surface area contributed by atoms with Crippen LogP contribution in [0.5, 0.6) is 0 Å². The molecule has 0 aliphatic carbocycles. The molecule has 32 heavy (non-hydrogen) atoms.